The molecule has 0 fully saturated rings. The van der Waals surface area contributed by atoms with E-state index in [0.29, 0.717) is 6.54 Å². The number of aromatic nitrogens is 1. The van der Waals surface area contributed by atoms with Gasteiger partial charge in [0.05, 0.1) is 17.2 Å². The fourth-order valence-corrected chi connectivity index (χ4v) is 2.45. The highest BCUT2D eigenvalue weighted by Crippen LogP contribution is 2.11. The van der Waals surface area contributed by atoms with Gasteiger partial charge in [-0.3, -0.25) is 0 Å². The van der Waals surface area contributed by atoms with Crippen LogP contribution in [0.1, 0.15) is 44.3 Å². The molecule has 1 N–H and O–H groups in total. The molecule has 0 aromatic carbocycles. The summed E-state index contributed by atoms with van der Waals surface area (Å²) in [7, 11) is 2.09. The summed E-state index contributed by atoms with van der Waals surface area (Å²) < 4.78 is 0. The minimum absolute atomic E-state index is 0. The van der Waals surface area contributed by atoms with Crippen LogP contribution < -0.4 is 5.32 Å². The Hall–Kier alpha value is -0.370. The van der Waals surface area contributed by atoms with Crippen molar-refractivity contribution in [2.24, 2.45) is 4.99 Å². The standard InChI is InChI=1S/C14H26N4S.HI/c1-5-8-9-18(4)14(15-7-3)16-10-12-11-19-13(6-2)17-12;/h11H,5-10H2,1-4H3,(H,15,16);1H. The number of nitrogens with zero attached hydrogens (tertiary/aromatic N) is 3. The van der Waals surface area contributed by atoms with E-state index in [0.717, 1.165) is 31.2 Å². The van der Waals surface area contributed by atoms with E-state index < -0.39 is 0 Å². The molecule has 0 unspecified atom stereocenters. The number of thiazole rings is 1. The normalized spacial score (nSPS) is 11.1. The number of hydrogen-bond donors (Lipinski definition) is 1. The van der Waals surface area contributed by atoms with Crippen molar-refractivity contribution < 1.29 is 0 Å². The fraction of sp³-hybridized carbons (Fsp3) is 0.714. The molecule has 0 saturated heterocycles. The zero-order chi connectivity index (χ0) is 14.1. The molecule has 20 heavy (non-hydrogen) atoms. The van der Waals surface area contributed by atoms with Gasteiger partial charge < -0.3 is 10.2 Å². The number of aryl methyl sites for hydroxylation is 1. The van der Waals surface area contributed by atoms with Gasteiger partial charge in [-0.05, 0) is 19.8 Å². The van der Waals surface area contributed by atoms with Crippen LogP contribution in [0.3, 0.4) is 0 Å². The average Bonchev–Trinajstić information content (AvgIpc) is 2.88. The van der Waals surface area contributed by atoms with Crippen LogP contribution in [0.15, 0.2) is 10.4 Å². The van der Waals surface area contributed by atoms with Gasteiger partial charge in [-0.1, -0.05) is 20.3 Å². The lowest BCUT2D eigenvalue weighted by molar-refractivity contribution is 0.464. The summed E-state index contributed by atoms with van der Waals surface area (Å²) in [6, 6.07) is 0. The first-order chi connectivity index (χ1) is 9.21. The molecular weight excluding hydrogens is 383 g/mol. The third-order valence-electron chi connectivity index (χ3n) is 2.84. The summed E-state index contributed by atoms with van der Waals surface area (Å²) in [4.78, 5) is 11.4. The third-order valence-corrected chi connectivity index (χ3v) is 3.88. The van der Waals surface area contributed by atoms with E-state index >= 15 is 0 Å². The zero-order valence-electron chi connectivity index (χ0n) is 13.0. The molecule has 0 aliphatic heterocycles. The molecule has 0 spiro atoms. The van der Waals surface area contributed by atoms with Gasteiger partial charge in [-0.15, -0.1) is 35.3 Å². The fourth-order valence-electron chi connectivity index (χ4n) is 1.71. The Morgan fingerprint density at radius 2 is 2.15 bits per heavy atom. The number of unbranched alkanes of at least 4 members (excludes halogenated alkanes) is 1. The minimum atomic E-state index is 0. The topological polar surface area (TPSA) is 40.5 Å². The van der Waals surface area contributed by atoms with Crippen LogP contribution in [0.2, 0.25) is 0 Å². The number of nitrogens with one attached hydrogen (secondary N) is 1. The van der Waals surface area contributed by atoms with Crippen molar-refractivity contribution >= 4 is 41.3 Å². The maximum absolute atomic E-state index is 4.66. The van der Waals surface area contributed by atoms with Crippen LogP contribution in [0.4, 0.5) is 0 Å². The molecule has 0 radical (unpaired) electrons. The Kier molecular flexibility index (Phi) is 11.1. The quantitative estimate of drug-likeness (QED) is 0.425. The first kappa shape index (κ1) is 19.6. The van der Waals surface area contributed by atoms with Crippen molar-refractivity contribution in [2.45, 2.75) is 46.6 Å². The highest BCUT2D eigenvalue weighted by atomic mass is 127. The van der Waals surface area contributed by atoms with Gasteiger partial charge in [-0.2, -0.15) is 0 Å². The van der Waals surface area contributed by atoms with Gasteiger partial charge in [0.1, 0.15) is 0 Å². The van der Waals surface area contributed by atoms with Gasteiger partial charge >= 0.3 is 0 Å². The number of hydrogen-bond acceptors (Lipinski definition) is 3. The number of rotatable bonds is 7. The second kappa shape index (κ2) is 11.3. The van der Waals surface area contributed by atoms with Crippen molar-refractivity contribution in [3.8, 4) is 0 Å². The minimum Gasteiger partial charge on any atom is -0.357 e. The van der Waals surface area contributed by atoms with E-state index in [-0.39, 0.29) is 24.0 Å². The molecule has 1 aromatic heterocycles. The summed E-state index contributed by atoms with van der Waals surface area (Å²) in [5.41, 5.74) is 1.07. The summed E-state index contributed by atoms with van der Waals surface area (Å²) in [6.07, 6.45) is 3.40. The summed E-state index contributed by atoms with van der Waals surface area (Å²) in [5.74, 6) is 0.974. The molecule has 0 amide bonds. The second-order valence-corrected chi connectivity index (χ2v) is 5.47. The Morgan fingerprint density at radius 1 is 1.40 bits per heavy atom. The smallest absolute Gasteiger partial charge is 0.194 e. The molecule has 6 heteroatoms. The number of aliphatic imine (C=N–C) groups is 1. The van der Waals surface area contributed by atoms with Crippen LogP contribution in [-0.2, 0) is 13.0 Å². The summed E-state index contributed by atoms with van der Waals surface area (Å²) in [6.45, 7) is 9.04. The lowest BCUT2D eigenvalue weighted by Crippen LogP contribution is -2.39. The van der Waals surface area contributed by atoms with Gasteiger partial charge in [0.15, 0.2) is 5.96 Å². The van der Waals surface area contributed by atoms with Crippen molar-refractivity contribution in [1.82, 2.24) is 15.2 Å². The van der Waals surface area contributed by atoms with E-state index in [9.17, 15) is 0 Å². The van der Waals surface area contributed by atoms with Crippen molar-refractivity contribution in [1.29, 1.82) is 0 Å². The predicted octanol–water partition coefficient (Wildman–Crippen LogP) is 3.52. The third kappa shape index (κ3) is 6.88. The maximum atomic E-state index is 4.66. The Labute approximate surface area is 144 Å². The van der Waals surface area contributed by atoms with E-state index in [1.54, 1.807) is 11.3 Å². The second-order valence-electron chi connectivity index (χ2n) is 4.53. The SMILES string of the molecule is CCCCN(C)C(=NCc1csc(CC)n1)NCC.I. The molecule has 0 atom stereocenters. The van der Waals surface area contributed by atoms with E-state index in [4.69, 9.17) is 0 Å². The average molecular weight is 410 g/mol. The molecule has 116 valence electrons. The lowest BCUT2D eigenvalue weighted by atomic mass is 10.3. The van der Waals surface area contributed by atoms with Gasteiger partial charge in [-0.25, -0.2) is 9.98 Å². The van der Waals surface area contributed by atoms with Crippen molar-refractivity contribution in [3.63, 3.8) is 0 Å². The van der Waals surface area contributed by atoms with Gasteiger partial charge in [0.25, 0.3) is 0 Å². The van der Waals surface area contributed by atoms with Crippen LogP contribution in [0.5, 0.6) is 0 Å². The maximum Gasteiger partial charge on any atom is 0.194 e. The molecule has 0 aliphatic carbocycles. The Morgan fingerprint density at radius 3 is 2.70 bits per heavy atom. The Balaban J connectivity index is 0.00000361. The predicted molar refractivity (Wildman–Crippen MR) is 99.3 cm³/mol. The first-order valence-electron chi connectivity index (χ1n) is 7.13. The molecular formula is C14H27IN4S. The first-order valence-corrected chi connectivity index (χ1v) is 8.01. The molecule has 0 bridgehead atoms. The van der Waals surface area contributed by atoms with Crippen LogP contribution in [0.25, 0.3) is 0 Å². The number of halogens is 1. The molecule has 0 aliphatic rings. The zero-order valence-corrected chi connectivity index (χ0v) is 16.1. The molecule has 0 saturated carbocycles. The number of guanidine groups is 1. The van der Waals surface area contributed by atoms with Crippen LogP contribution in [-0.4, -0.2) is 36.0 Å². The van der Waals surface area contributed by atoms with Gasteiger partial charge in [0, 0.05) is 25.5 Å². The van der Waals surface area contributed by atoms with Crippen molar-refractivity contribution in [3.05, 3.63) is 16.1 Å². The van der Waals surface area contributed by atoms with Crippen LogP contribution in [0, 0.1) is 0 Å². The largest absolute Gasteiger partial charge is 0.357 e. The highest BCUT2D eigenvalue weighted by molar-refractivity contribution is 14.0. The summed E-state index contributed by atoms with van der Waals surface area (Å²) >= 11 is 1.72. The molecule has 4 nitrogen and oxygen atoms in total. The van der Waals surface area contributed by atoms with Crippen LogP contribution >= 0.6 is 35.3 Å². The lowest BCUT2D eigenvalue weighted by Gasteiger charge is -2.21. The monoisotopic (exact) mass is 410 g/mol. The summed E-state index contributed by atoms with van der Waals surface area (Å²) in [5, 5.41) is 6.63. The van der Waals surface area contributed by atoms with E-state index in [2.05, 4.69) is 53.4 Å². The van der Waals surface area contributed by atoms with Crippen molar-refractivity contribution in [2.75, 3.05) is 20.1 Å². The van der Waals surface area contributed by atoms with E-state index in [1.807, 2.05) is 0 Å². The molecule has 1 aromatic rings. The highest BCUT2D eigenvalue weighted by Gasteiger charge is 2.05. The molecule has 1 rings (SSSR count). The molecule has 1 heterocycles. The Bertz CT molecular complexity index is 392. The van der Waals surface area contributed by atoms with Gasteiger partial charge in [0.2, 0.25) is 0 Å². The van der Waals surface area contributed by atoms with E-state index in [1.165, 1.54) is 17.8 Å².